The van der Waals surface area contributed by atoms with Gasteiger partial charge >= 0.3 is 0 Å². The van der Waals surface area contributed by atoms with E-state index in [0.717, 1.165) is 10.9 Å². The lowest BCUT2D eigenvalue weighted by Gasteiger charge is -2.09. The van der Waals surface area contributed by atoms with Crippen molar-refractivity contribution in [3.05, 3.63) is 66.2 Å². The Kier molecular flexibility index (Phi) is 4.27. The molecule has 0 fully saturated rings. The van der Waals surface area contributed by atoms with Gasteiger partial charge in [-0.2, -0.15) is 0 Å². The first-order valence-corrected chi connectivity index (χ1v) is 8.56. The van der Waals surface area contributed by atoms with Crippen LogP contribution in [-0.4, -0.2) is 20.5 Å². The molecule has 3 aromatic rings. The number of aromatic nitrogens is 1. The lowest BCUT2D eigenvalue weighted by atomic mass is 10.2. The lowest BCUT2D eigenvalue weighted by Crippen LogP contribution is -2.24. The van der Waals surface area contributed by atoms with Gasteiger partial charge in [0.15, 0.2) is 5.03 Å². The van der Waals surface area contributed by atoms with Crippen LogP contribution in [-0.2, 0) is 16.6 Å². The first-order valence-electron chi connectivity index (χ1n) is 7.07. The molecule has 1 aromatic heterocycles. The average Bonchev–Trinajstić information content (AvgIpc) is 2.60. The first kappa shape index (κ1) is 15.5. The summed E-state index contributed by atoms with van der Waals surface area (Å²) in [5.41, 5.74) is 1.41. The number of nitrogens with one attached hydrogen (secondary N) is 1. The number of hydrogen-bond acceptors (Lipinski definition) is 4. The number of sulfonamides is 1. The van der Waals surface area contributed by atoms with E-state index in [4.69, 9.17) is 4.74 Å². The third-order valence-electron chi connectivity index (χ3n) is 3.46. The Morgan fingerprint density at radius 1 is 1.00 bits per heavy atom. The van der Waals surface area contributed by atoms with E-state index < -0.39 is 10.0 Å². The number of nitrogens with zero attached hydrogens (tertiary/aromatic N) is 1. The number of ether oxygens (including phenoxy) is 1. The summed E-state index contributed by atoms with van der Waals surface area (Å²) in [6, 6.07) is 18.0. The van der Waals surface area contributed by atoms with Crippen LogP contribution in [0, 0.1) is 0 Å². The topological polar surface area (TPSA) is 68.3 Å². The fourth-order valence-corrected chi connectivity index (χ4v) is 3.23. The number of methoxy groups -OCH3 is 1. The van der Waals surface area contributed by atoms with Gasteiger partial charge in [-0.15, -0.1) is 0 Å². The number of rotatable bonds is 5. The summed E-state index contributed by atoms with van der Waals surface area (Å²) in [7, 11) is -2.16. The molecule has 0 atom stereocenters. The van der Waals surface area contributed by atoms with Crippen molar-refractivity contribution in [1.82, 2.24) is 9.71 Å². The van der Waals surface area contributed by atoms with Crippen LogP contribution in [0.1, 0.15) is 5.56 Å². The summed E-state index contributed by atoms with van der Waals surface area (Å²) >= 11 is 0. The van der Waals surface area contributed by atoms with Gasteiger partial charge in [-0.3, -0.25) is 0 Å². The molecular weight excluding hydrogens is 312 g/mol. The lowest BCUT2D eigenvalue weighted by molar-refractivity contribution is 0.418. The van der Waals surface area contributed by atoms with Crippen LogP contribution < -0.4 is 9.46 Å². The van der Waals surface area contributed by atoms with Crippen molar-refractivity contribution in [2.75, 3.05) is 7.11 Å². The Hall–Kier alpha value is -2.44. The van der Waals surface area contributed by atoms with Crippen LogP contribution >= 0.6 is 0 Å². The third kappa shape index (κ3) is 3.33. The third-order valence-corrected chi connectivity index (χ3v) is 4.76. The molecule has 0 radical (unpaired) electrons. The van der Waals surface area contributed by atoms with E-state index in [1.54, 1.807) is 12.1 Å². The maximum Gasteiger partial charge on any atom is 0.258 e. The minimum absolute atomic E-state index is 0.0227. The van der Waals surface area contributed by atoms with Crippen LogP contribution in [0.3, 0.4) is 0 Å². The maximum atomic E-state index is 12.4. The molecule has 1 N–H and O–H groups in total. The van der Waals surface area contributed by atoms with E-state index in [2.05, 4.69) is 9.71 Å². The molecule has 5 nitrogen and oxygen atoms in total. The Balaban J connectivity index is 1.92. The number of benzene rings is 2. The maximum absolute atomic E-state index is 12.4. The Labute approximate surface area is 135 Å². The van der Waals surface area contributed by atoms with E-state index >= 15 is 0 Å². The molecule has 1 heterocycles. The molecule has 0 bridgehead atoms. The van der Waals surface area contributed by atoms with E-state index in [1.807, 2.05) is 42.5 Å². The molecule has 0 saturated carbocycles. The molecular formula is C17H16N2O3S. The van der Waals surface area contributed by atoms with Gasteiger partial charge in [0.05, 0.1) is 7.11 Å². The zero-order valence-corrected chi connectivity index (χ0v) is 13.4. The van der Waals surface area contributed by atoms with E-state index in [9.17, 15) is 8.42 Å². The second kappa shape index (κ2) is 6.36. The monoisotopic (exact) mass is 328 g/mol. The van der Waals surface area contributed by atoms with Crippen molar-refractivity contribution in [3.63, 3.8) is 0 Å². The molecule has 0 aliphatic carbocycles. The van der Waals surface area contributed by atoms with E-state index in [1.165, 1.54) is 13.2 Å². The van der Waals surface area contributed by atoms with Crippen molar-refractivity contribution in [2.24, 2.45) is 0 Å². The Morgan fingerprint density at radius 3 is 2.52 bits per heavy atom. The average molecular weight is 328 g/mol. The molecule has 0 aliphatic heterocycles. The minimum atomic E-state index is -3.69. The molecule has 23 heavy (non-hydrogen) atoms. The number of pyridine rings is 1. The summed E-state index contributed by atoms with van der Waals surface area (Å²) in [6.07, 6.45) is 0. The highest BCUT2D eigenvalue weighted by molar-refractivity contribution is 7.89. The second-order valence-electron chi connectivity index (χ2n) is 4.99. The van der Waals surface area contributed by atoms with Gasteiger partial charge in [0, 0.05) is 11.9 Å². The van der Waals surface area contributed by atoms with Crippen LogP contribution in [0.15, 0.2) is 65.7 Å². The zero-order chi connectivity index (χ0) is 16.3. The number of para-hydroxylation sites is 1. The highest BCUT2D eigenvalue weighted by atomic mass is 32.2. The molecule has 0 aliphatic rings. The van der Waals surface area contributed by atoms with Gasteiger partial charge in [-0.25, -0.2) is 18.1 Å². The zero-order valence-electron chi connectivity index (χ0n) is 12.6. The van der Waals surface area contributed by atoms with Crippen molar-refractivity contribution in [3.8, 4) is 5.75 Å². The quantitative estimate of drug-likeness (QED) is 0.782. The van der Waals surface area contributed by atoms with Crippen molar-refractivity contribution in [2.45, 2.75) is 11.6 Å². The summed E-state index contributed by atoms with van der Waals surface area (Å²) in [4.78, 5) is 4.25. The van der Waals surface area contributed by atoms with Crippen LogP contribution in [0.25, 0.3) is 10.9 Å². The summed E-state index contributed by atoms with van der Waals surface area (Å²) in [5.74, 6) is 0.544. The van der Waals surface area contributed by atoms with Gasteiger partial charge in [0.1, 0.15) is 11.3 Å². The molecule has 0 spiro atoms. The van der Waals surface area contributed by atoms with Crippen LogP contribution in [0.2, 0.25) is 0 Å². The SMILES string of the molecule is COc1cccc2ccc(S(=O)(=O)NCc3ccccc3)nc12. The smallest absolute Gasteiger partial charge is 0.258 e. The molecule has 0 unspecified atom stereocenters. The van der Waals surface area contributed by atoms with Gasteiger partial charge in [-0.05, 0) is 23.8 Å². The fraction of sp³-hybridized carbons (Fsp3) is 0.118. The van der Waals surface area contributed by atoms with Gasteiger partial charge in [-0.1, -0.05) is 42.5 Å². The van der Waals surface area contributed by atoms with Gasteiger partial charge < -0.3 is 4.74 Å². The predicted octanol–water partition coefficient (Wildman–Crippen LogP) is 2.72. The summed E-state index contributed by atoms with van der Waals surface area (Å²) in [6.45, 7) is 0.217. The largest absolute Gasteiger partial charge is 0.494 e. The second-order valence-corrected chi connectivity index (χ2v) is 6.71. The van der Waals surface area contributed by atoms with Crippen molar-refractivity contribution >= 4 is 20.9 Å². The first-order chi connectivity index (χ1) is 11.1. The van der Waals surface area contributed by atoms with Crippen LogP contribution in [0.4, 0.5) is 0 Å². The molecule has 0 amide bonds. The minimum Gasteiger partial charge on any atom is -0.494 e. The normalized spacial score (nSPS) is 11.5. The molecule has 2 aromatic carbocycles. The van der Waals surface area contributed by atoms with E-state index in [0.29, 0.717) is 11.3 Å². The molecule has 3 rings (SSSR count). The Bertz CT molecular complexity index is 925. The molecule has 6 heteroatoms. The Morgan fingerprint density at radius 2 is 1.78 bits per heavy atom. The highest BCUT2D eigenvalue weighted by Gasteiger charge is 2.17. The number of fused-ring (bicyclic) bond motifs is 1. The summed E-state index contributed by atoms with van der Waals surface area (Å²) in [5, 5.41) is 0.803. The molecule has 118 valence electrons. The van der Waals surface area contributed by atoms with Gasteiger partial charge in [0.2, 0.25) is 0 Å². The van der Waals surface area contributed by atoms with Crippen LogP contribution in [0.5, 0.6) is 5.75 Å². The van der Waals surface area contributed by atoms with Crippen molar-refractivity contribution < 1.29 is 13.2 Å². The standard InChI is InChI=1S/C17H16N2O3S/c1-22-15-9-5-8-14-10-11-16(19-17(14)15)23(20,21)18-12-13-6-3-2-4-7-13/h2-11,18H,12H2,1H3. The summed E-state index contributed by atoms with van der Waals surface area (Å²) < 4.78 is 32.7. The fourth-order valence-electron chi connectivity index (χ4n) is 2.26. The highest BCUT2D eigenvalue weighted by Crippen LogP contribution is 2.24. The predicted molar refractivity (Wildman–Crippen MR) is 88.8 cm³/mol. The number of hydrogen-bond donors (Lipinski definition) is 1. The van der Waals surface area contributed by atoms with Crippen molar-refractivity contribution in [1.29, 1.82) is 0 Å². The van der Waals surface area contributed by atoms with Gasteiger partial charge in [0.25, 0.3) is 10.0 Å². The molecule has 0 saturated heterocycles. The van der Waals surface area contributed by atoms with E-state index in [-0.39, 0.29) is 11.6 Å².